The highest BCUT2D eigenvalue weighted by Gasteiger charge is 2.52. The average Bonchev–Trinajstić information content (AvgIpc) is 3.89. The predicted molar refractivity (Wildman–Crippen MR) is 243 cm³/mol. The molecule has 0 unspecified atom stereocenters. The number of carbonyl (C=O) groups is 2. The van der Waals surface area contributed by atoms with Gasteiger partial charge >= 0.3 is 6.29 Å². The van der Waals surface area contributed by atoms with Crippen LogP contribution in [-0.2, 0) is 39.4 Å². The molecule has 0 bridgehead atoms. The Bertz CT molecular complexity index is 2920. The minimum absolute atomic E-state index is 0.0305. The highest BCUT2D eigenvalue weighted by atomic mass is 19.3. The van der Waals surface area contributed by atoms with Gasteiger partial charge in [0.1, 0.15) is 22.9 Å². The van der Waals surface area contributed by atoms with Gasteiger partial charge in [-0.05, 0) is 76.8 Å². The maximum Gasteiger partial charge on any atom is 0.586 e. The Labute approximate surface area is 379 Å². The van der Waals surface area contributed by atoms with Crippen LogP contribution >= 0.6 is 0 Å². The Kier molecular flexibility index (Phi) is 12.4. The van der Waals surface area contributed by atoms with Crippen LogP contribution < -0.4 is 20.2 Å². The highest BCUT2D eigenvalue weighted by Crippen LogP contribution is 2.53. The zero-order valence-corrected chi connectivity index (χ0v) is 38.1. The number of hydrogen-bond acceptors (Lipinski definition) is 10. The second-order valence-electron chi connectivity index (χ2n) is 19.8. The first-order valence-corrected chi connectivity index (χ1v) is 21.6. The van der Waals surface area contributed by atoms with Gasteiger partial charge in [0.2, 0.25) is 5.43 Å². The summed E-state index contributed by atoms with van der Waals surface area (Å²) in [4.78, 5) is 46.5. The Hall–Kier alpha value is -6.23. The van der Waals surface area contributed by atoms with Crippen molar-refractivity contribution in [3.05, 3.63) is 123 Å². The van der Waals surface area contributed by atoms with Crippen LogP contribution in [-0.4, -0.2) is 72.3 Å². The third kappa shape index (κ3) is 9.40. The predicted octanol–water partition coefficient (Wildman–Crippen LogP) is 8.04. The van der Waals surface area contributed by atoms with Crippen LogP contribution in [0, 0.1) is 5.82 Å². The third-order valence-electron chi connectivity index (χ3n) is 12.2. The third-order valence-corrected chi connectivity index (χ3v) is 12.2. The van der Waals surface area contributed by atoms with Gasteiger partial charge < -0.3 is 44.8 Å². The number of fused-ring (bicyclic) bond motifs is 3. The van der Waals surface area contributed by atoms with Crippen molar-refractivity contribution >= 4 is 39.3 Å². The molecule has 1 atom stereocenters. The van der Waals surface area contributed by atoms with Crippen molar-refractivity contribution < 1.29 is 52.7 Å². The van der Waals surface area contributed by atoms with Crippen molar-refractivity contribution in [2.45, 2.75) is 115 Å². The van der Waals surface area contributed by atoms with Crippen molar-refractivity contribution in [3.8, 4) is 17.2 Å². The van der Waals surface area contributed by atoms with Gasteiger partial charge in [0, 0.05) is 46.0 Å². The summed E-state index contributed by atoms with van der Waals surface area (Å²) >= 11 is 0. The van der Waals surface area contributed by atoms with Crippen molar-refractivity contribution in [1.29, 1.82) is 0 Å². The van der Waals surface area contributed by atoms with Crippen LogP contribution in [0.4, 0.5) is 18.9 Å². The number of rotatable bonds is 11. The number of para-hydroxylation sites is 1. The molecule has 0 radical (unpaired) electrons. The van der Waals surface area contributed by atoms with Gasteiger partial charge in [0.25, 0.3) is 5.91 Å². The number of ether oxygens (including phenoxy) is 2. The molecule has 350 valence electrons. The molecule has 3 aromatic heterocycles. The number of aliphatic hydroxyl groups excluding tert-OH is 3. The second-order valence-corrected chi connectivity index (χ2v) is 19.8. The van der Waals surface area contributed by atoms with Crippen LogP contribution in [0.2, 0.25) is 0 Å². The van der Waals surface area contributed by atoms with E-state index in [9.17, 15) is 43.6 Å². The summed E-state index contributed by atoms with van der Waals surface area (Å²) in [6, 6.07) is 17.7. The number of nitrogens with zero attached hydrogens (tertiary/aromatic N) is 2. The molecule has 3 aromatic carbocycles. The lowest BCUT2D eigenvalue weighted by Gasteiger charge is -2.28. The van der Waals surface area contributed by atoms with Crippen LogP contribution in [0.1, 0.15) is 107 Å². The fourth-order valence-corrected chi connectivity index (χ4v) is 8.28. The lowest BCUT2D eigenvalue weighted by molar-refractivity contribution is -0.286. The van der Waals surface area contributed by atoms with E-state index in [1.54, 1.807) is 48.7 Å². The number of aliphatic hydroxyl groups is 3. The molecule has 6 aromatic rings. The number of Topliss-reactive ketones (excluding diaryl/α,β-unsaturated/α-hetero) is 1. The number of ketones is 1. The van der Waals surface area contributed by atoms with Gasteiger partial charge in [-0.2, -0.15) is 0 Å². The first-order chi connectivity index (χ1) is 30.8. The summed E-state index contributed by atoms with van der Waals surface area (Å²) in [6.45, 7) is 15.0. The van der Waals surface area contributed by atoms with Crippen molar-refractivity contribution in [1.82, 2.24) is 14.5 Å². The molecule has 2 aliphatic rings. The number of aromatic amines is 1. The molecular weight excluding hydrogens is 858 g/mol. The minimum atomic E-state index is -3.77. The summed E-state index contributed by atoms with van der Waals surface area (Å²) in [7, 11) is 0. The van der Waals surface area contributed by atoms with E-state index in [1.165, 1.54) is 30.5 Å². The molecule has 1 aliphatic carbocycles. The number of amides is 1. The number of hydrogen-bond donors (Lipinski definition) is 6. The number of aromatic nitrogens is 3. The van der Waals surface area contributed by atoms with E-state index in [2.05, 4.69) is 24.8 Å². The number of carbonyl (C=O) groups excluding carboxylic acids is 2. The SMILES string of the molecule is CC(C)(C)c1cc(C(C)(C)C)c(NC(=O)c2c[nH]c3ccccc3c2=O)cc1O.CC(C)(CO)c1cc2nc(CC(=O)C3(c4ccc5c(c4)OC(F)(F)O5)CC3)c(F)cc2n1C[C@@H](O)CO. The molecule has 1 amide bonds. The maximum absolute atomic E-state index is 15.2. The zero-order valence-electron chi connectivity index (χ0n) is 38.1. The van der Waals surface area contributed by atoms with E-state index in [-0.39, 0.29) is 70.1 Å². The Balaban J connectivity index is 0.000000203. The van der Waals surface area contributed by atoms with E-state index < -0.39 is 41.6 Å². The number of aromatic hydroxyl groups is 1. The Morgan fingerprint density at radius 1 is 0.909 bits per heavy atom. The molecule has 6 N–H and O–H groups in total. The van der Waals surface area contributed by atoms with Gasteiger partial charge in [0.15, 0.2) is 11.5 Å². The minimum Gasteiger partial charge on any atom is -0.508 e. The van der Waals surface area contributed by atoms with Gasteiger partial charge in [-0.1, -0.05) is 73.6 Å². The topological polar surface area (TPSA) is 196 Å². The normalized spacial score (nSPS) is 15.6. The van der Waals surface area contributed by atoms with Gasteiger partial charge in [0.05, 0.1) is 54.4 Å². The molecule has 1 fully saturated rings. The summed E-state index contributed by atoms with van der Waals surface area (Å²) in [5.41, 5.74) is 2.12. The number of phenols is 1. The van der Waals surface area contributed by atoms with Crippen LogP contribution in [0.5, 0.6) is 17.2 Å². The first-order valence-electron chi connectivity index (χ1n) is 21.6. The quantitative estimate of drug-likeness (QED) is 0.0740. The van der Waals surface area contributed by atoms with E-state index >= 15 is 4.39 Å². The molecule has 8 rings (SSSR count). The zero-order chi connectivity index (χ0) is 48.3. The lowest BCUT2D eigenvalue weighted by Crippen LogP contribution is -2.29. The van der Waals surface area contributed by atoms with Gasteiger partial charge in [-0.25, -0.2) is 9.37 Å². The summed E-state index contributed by atoms with van der Waals surface area (Å²) in [5, 5.41) is 43.1. The monoisotopic (exact) mass is 912 g/mol. The molecule has 1 saturated carbocycles. The number of halogens is 3. The molecule has 4 heterocycles. The fourth-order valence-electron chi connectivity index (χ4n) is 8.28. The molecule has 1 aliphatic heterocycles. The number of anilines is 1. The summed E-state index contributed by atoms with van der Waals surface area (Å²) in [6.07, 6.45) is -2.79. The van der Waals surface area contributed by atoms with Crippen LogP contribution in [0.25, 0.3) is 21.9 Å². The number of benzene rings is 3. The Morgan fingerprint density at radius 2 is 1.58 bits per heavy atom. The molecule has 0 saturated heterocycles. The van der Waals surface area contributed by atoms with Crippen molar-refractivity contribution in [2.24, 2.45) is 0 Å². The second kappa shape index (κ2) is 17.2. The van der Waals surface area contributed by atoms with Crippen molar-refractivity contribution in [2.75, 3.05) is 18.5 Å². The Morgan fingerprint density at radius 3 is 2.21 bits per heavy atom. The van der Waals surface area contributed by atoms with E-state index in [1.807, 2.05) is 53.7 Å². The number of alkyl halides is 2. The maximum atomic E-state index is 15.2. The van der Waals surface area contributed by atoms with Gasteiger partial charge in [-0.15, -0.1) is 8.78 Å². The smallest absolute Gasteiger partial charge is 0.508 e. The number of phenolic OH excluding ortho intramolecular Hbond substituents is 1. The van der Waals surface area contributed by atoms with E-state index in [0.717, 1.165) is 11.1 Å². The molecule has 16 heteroatoms. The summed E-state index contributed by atoms with van der Waals surface area (Å²) in [5.74, 6) is -1.67. The number of pyridine rings is 2. The lowest BCUT2D eigenvalue weighted by atomic mass is 9.79. The molecule has 0 spiro atoms. The van der Waals surface area contributed by atoms with Crippen LogP contribution in [0.3, 0.4) is 0 Å². The van der Waals surface area contributed by atoms with Crippen molar-refractivity contribution in [3.63, 3.8) is 0 Å². The van der Waals surface area contributed by atoms with E-state index in [0.29, 0.717) is 51.7 Å². The average molecular weight is 913 g/mol. The largest absolute Gasteiger partial charge is 0.586 e. The fraction of sp³-hybridized carbons (Fsp3) is 0.400. The van der Waals surface area contributed by atoms with Gasteiger partial charge in [-0.3, -0.25) is 14.4 Å². The standard InChI is InChI=1S/C26H27F3N2O6.C24H28N2O3/c1-24(2,13-33)22-9-18-19(31(22)11-15(34)12-32)8-16(27)17(30-18)10-23(35)25(5-6-25)14-3-4-20-21(7-14)37-26(28,29)36-20;1-23(2,3)16-11-17(24(4,5)6)20(27)12-19(16)26-22(29)15-13-25-18-10-8-7-9-14(18)21(15)28/h3-4,7-9,15,32-34H,5-6,10-13H2,1-2H3;7-13,27H,1-6H3,(H,25,28)(H,26,29)/t15-;/m1./s1. The molecule has 13 nitrogen and oxygen atoms in total. The molecule has 66 heavy (non-hydrogen) atoms. The summed E-state index contributed by atoms with van der Waals surface area (Å²) < 4.78 is 52.6. The first kappa shape index (κ1) is 47.7. The molecular formula is C50H55F3N4O9. The highest BCUT2D eigenvalue weighted by molar-refractivity contribution is 6.06. The van der Waals surface area contributed by atoms with Crippen LogP contribution in [0.15, 0.2) is 77.7 Å². The number of H-pyrrole nitrogens is 1. The number of nitrogens with one attached hydrogen (secondary N) is 2. The van der Waals surface area contributed by atoms with E-state index in [4.69, 9.17) is 0 Å².